The van der Waals surface area contributed by atoms with E-state index < -0.39 is 0 Å². The first-order valence-corrected chi connectivity index (χ1v) is 6.08. The Labute approximate surface area is 104 Å². The van der Waals surface area contributed by atoms with E-state index in [0.717, 1.165) is 28.6 Å². The van der Waals surface area contributed by atoms with E-state index in [1.165, 1.54) is 0 Å². The van der Waals surface area contributed by atoms with Crippen molar-refractivity contribution in [2.75, 3.05) is 6.61 Å². The third-order valence-electron chi connectivity index (χ3n) is 1.98. The normalized spacial score (nSPS) is 10.0. The van der Waals surface area contributed by atoms with E-state index >= 15 is 0 Å². The molecule has 0 aliphatic carbocycles. The van der Waals surface area contributed by atoms with Crippen LogP contribution in [0.5, 0.6) is 5.75 Å². The Balaban J connectivity index is 2.86. The molecule has 82 valence electrons. The van der Waals surface area contributed by atoms with Crippen molar-refractivity contribution in [2.24, 2.45) is 5.73 Å². The second-order valence-electron chi connectivity index (χ2n) is 3.18. The van der Waals surface area contributed by atoms with Crippen LogP contribution in [-0.4, -0.2) is 11.6 Å². The number of nitrogens with two attached hydrogens (primary N) is 1. The summed E-state index contributed by atoms with van der Waals surface area (Å²) in [4.78, 5) is 0.356. The van der Waals surface area contributed by atoms with Crippen molar-refractivity contribution in [1.82, 2.24) is 0 Å². The van der Waals surface area contributed by atoms with E-state index in [4.69, 9.17) is 22.7 Å². The van der Waals surface area contributed by atoms with Gasteiger partial charge in [0.25, 0.3) is 0 Å². The van der Waals surface area contributed by atoms with Gasteiger partial charge in [0, 0.05) is 4.47 Å². The zero-order chi connectivity index (χ0) is 11.3. The monoisotopic (exact) mass is 287 g/mol. The summed E-state index contributed by atoms with van der Waals surface area (Å²) in [5.74, 6) is 0.755. The molecule has 0 aromatic heterocycles. The van der Waals surface area contributed by atoms with Gasteiger partial charge in [0.05, 0.1) is 12.2 Å². The molecule has 0 amide bonds. The van der Waals surface area contributed by atoms with Crippen LogP contribution < -0.4 is 10.5 Å². The van der Waals surface area contributed by atoms with Crippen molar-refractivity contribution in [3.8, 4) is 5.75 Å². The van der Waals surface area contributed by atoms with Gasteiger partial charge in [-0.05, 0) is 34.5 Å². The van der Waals surface area contributed by atoms with E-state index in [-0.39, 0.29) is 0 Å². The van der Waals surface area contributed by atoms with Crippen molar-refractivity contribution in [1.29, 1.82) is 0 Å². The Kier molecular flexibility index (Phi) is 5.05. The molecule has 2 N–H and O–H groups in total. The van der Waals surface area contributed by atoms with Gasteiger partial charge in [0.15, 0.2) is 0 Å². The standard InChI is InChI=1S/C11H14BrNOS/c1-2-3-7-14-9-6-4-5-8(12)10(9)11(13)15/h4-6H,2-3,7H2,1H3,(H2,13,15). The third kappa shape index (κ3) is 3.47. The van der Waals surface area contributed by atoms with Gasteiger partial charge in [0.2, 0.25) is 0 Å². The highest BCUT2D eigenvalue weighted by atomic mass is 79.9. The molecule has 15 heavy (non-hydrogen) atoms. The fourth-order valence-electron chi connectivity index (χ4n) is 1.19. The summed E-state index contributed by atoms with van der Waals surface area (Å²) < 4.78 is 6.50. The van der Waals surface area contributed by atoms with Crippen molar-refractivity contribution in [3.63, 3.8) is 0 Å². The number of unbranched alkanes of at least 4 members (excludes halogenated alkanes) is 1. The molecule has 0 saturated heterocycles. The Morgan fingerprint density at radius 3 is 2.87 bits per heavy atom. The summed E-state index contributed by atoms with van der Waals surface area (Å²) in [6.45, 7) is 2.82. The molecule has 0 fully saturated rings. The quantitative estimate of drug-likeness (QED) is 0.667. The molecule has 0 aliphatic rings. The fourth-order valence-corrected chi connectivity index (χ4v) is 2.09. The molecule has 4 heteroatoms. The minimum absolute atomic E-state index is 0.356. The Morgan fingerprint density at radius 1 is 1.53 bits per heavy atom. The van der Waals surface area contributed by atoms with Gasteiger partial charge in [-0.1, -0.05) is 31.6 Å². The van der Waals surface area contributed by atoms with E-state index in [9.17, 15) is 0 Å². The minimum Gasteiger partial charge on any atom is -0.493 e. The first-order chi connectivity index (χ1) is 7.16. The second-order valence-corrected chi connectivity index (χ2v) is 4.47. The first kappa shape index (κ1) is 12.5. The lowest BCUT2D eigenvalue weighted by atomic mass is 10.2. The minimum atomic E-state index is 0.356. The number of benzene rings is 1. The lowest BCUT2D eigenvalue weighted by Gasteiger charge is -2.11. The highest BCUT2D eigenvalue weighted by molar-refractivity contribution is 9.10. The number of hydrogen-bond acceptors (Lipinski definition) is 2. The molecule has 0 aliphatic heterocycles. The predicted molar refractivity (Wildman–Crippen MR) is 70.4 cm³/mol. The highest BCUT2D eigenvalue weighted by Gasteiger charge is 2.09. The number of ether oxygens (including phenoxy) is 1. The SMILES string of the molecule is CCCCOc1cccc(Br)c1C(N)=S. The molecular formula is C11H14BrNOS. The van der Waals surface area contributed by atoms with Gasteiger partial charge < -0.3 is 10.5 Å². The third-order valence-corrected chi connectivity index (χ3v) is 2.84. The smallest absolute Gasteiger partial charge is 0.130 e. The lowest BCUT2D eigenvalue weighted by molar-refractivity contribution is 0.308. The van der Waals surface area contributed by atoms with Crippen LogP contribution in [0.15, 0.2) is 22.7 Å². The van der Waals surface area contributed by atoms with Crippen LogP contribution in [0.3, 0.4) is 0 Å². The maximum atomic E-state index is 5.64. The molecule has 2 nitrogen and oxygen atoms in total. The van der Waals surface area contributed by atoms with E-state index in [1.807, 2.05) is 18.2 Å². The summed E-state index contributed by atoms with van der Waals surface area (Å²) in [7, 11) is 0. The van der Waals surface area contributed by atoms with Gasteiger partial charge >= 0.3 is 0 Å². The Hall–Kier alpha value is -0.610. The number of halogens is 1. The van der Waals surface area contributed by atoms with Crippen LogP contribution in [-0.2, 0) is 0 Å². The summed E-state index contributed by atoms with van der Waals surface area (Å²) in [6.07, 6.45) is 2.14. The molecule has 1 aromatic carbocycles. The van der Waals surface area contributed by atoms with E-state index in [0.29, 0.717) is 11.6 Å². The number of hydrogen-bond donors (Lipinski definition) is 1. The van der Waals surface area contributed by atoms with Gasteiger partial charge in [-0.2, -0.15) is 0 Å². The summed E-state index contributed by atoms with van der Waals surface area (Å²) in [5, 5.41) is 0. The maximum Gasteiger partial charge on any atom is 0.130 e. The molecule has 0 atom stereocenters. The van der Waals surface area contributed by atoms with Crippen LogP contribution in [0.1, 0.15) is 25.3 Å². The molecule has 1 rings (SSSR count). The van der Waals surface area contributed by atoms with Crippen molar-refractivity contribution in [2.45, 2.75) is 19.8 Å². The average Bonchev–Trinajstić information content (AvgIpc) is 2.17. The van der Waals surface area contributed by atoms with Gasteiger partial charge in [-0.25, -0.2) is 0 Å². The first-order valence-electron chi connectivity index (χ1n) is 4.88. The largest absolute Gasteiger partial charge is 0.493 e. The molecule has 0 bridgehead atoms. The molecule has 1 aromatic rings. The summed E-state index contributed by atoms with van der Waals surface area (Å²) in [6, 6.07) is 5.70. The van der Waals surface area contributed by atoms with Gasteiger partial charge in [0.1, 0.15) is 10.7 Å². The molecule has 0 spiro atoms. The number of thiocarbonyl (C=S) groups is 1. The van der Waals surface area contributed by atoms with Gasteiger partial charge in [-0.15, -0.1) is 0 Å². The van der Waals surface area contributed by atoms with Crippen LogP contribution in [0.4, 0.5) is 0 Å². The lowest BCUT2D eigenvalue weighted by Crippen LogP contribution is -2.13. The predicted octanol–water partition coefficient (Wildman–Crippen LogP) is 3.26. The molecule has 0 unspecified atom stereocenters. The second kappa shape index (κ2) is 6.08. The van der Waals surface area contributed by atoms with Crippen LogP contribution in [0, 0.1) is 0 Å². The zero-order valence-corrected chi connectivity index (χ0v) is 11.0. The van der Waals surface area contributed by atoms with Crippen LogP contribution in [0.2, 0.25) is 0 Å². The molecule has 0 radical (unpaired) electrons. The van der Waals surface area contributed by atoms with E-state index in [2.05, 4.69) is 22.9 Å². The van der Waals surface area contributed by atoms with Crippen molar-refractivity contribution >= 4 is 33.1 Å². The highest BCUT2D eigenvalue weighted by Crippen LogP contribution is 2.26. The topological polar surface area (TPSA) is 35.2 Å². The van der Waals surface area contributed by atoms with Gasteiger partial charge in [-0.3, -0.25) is 0 Å². The van der Waals surface area contributed by atoms with Crippen molar-refractivity contribution in [3.05, 3.63) is 28.2 Å². The van der Waals surface area contributed by atoms with Crippen molar-refractivity contribution < 1.29 is 4.74 Å². The summed E-state index contributed by atoms with van der Waals surface area (Å²) in [5.41, 5.74) is 6.42. The number of rotatable bonds is 5. The Bertz CT molecular complexity index is 354. The average molecular weight is 288 g/mol. The zero-order valence-electron chi connectivity index (χ0n) is 8.63. The maximum absolute atomic E-state index is 5.64. The molecule has 0 heterocycles. The van der Waals surface area contributed by atoms with Crippen LogP contribution in [0.25, 0.3) is 0 Å². The summed E-state index contributed by atoms with van der Waals surface area (Å²) >= 11 is 8.39. The Morgan fingerprint density at radius 2 is 2.27 bits per heavy atom. The molecule has 0 saturated carbocycles. The molecular weight excluding hydrogens is 274 g/mol. The fraction of sp³-hybridized carbons (Fsp3) is 0.364. The van der Waals surface area contributed by atoms with E-state index in [1.54, 1.807) is 0 Å². The van der Waals surface area contributed by atoms with Crippen LogP contribution >= 0.6 is 28.1 Å².